The first-order valence-electron chi connectivity index (χ1n) is 2.00. The van der Waals surface area contributed by atoms with Gasteiger partial charge in [0.15, 0.2) is 0 Å². The number of thiocarbonyl (C=S) groups is 1. The topological polar surface area (TPSA) is 12.4 Å². The third-order valence-electron chi connectivity index (χ3n) is 0.400. The lowest BCUT2D eigenvalue weighted by Crippen LogP contribution is -1.54. The second-order valence-corrected chi connectivity index (χ2v) is 1.16. The molecule has 0 heterocycles. The van der Waals surface area contributed by atoms with Gasteiger partial charge >= 0.3 is 0 Å². The van der Waals surface area contributed by atoms with Crippen LogP contribution in [-0.4, -0.2) is 11.6 Å². The Morgan fingerprint density at radius 1 is 1.57 bits per heavy atom. The molecule has 0 rings (SSSR count). The van der Waals surface area contributed by atoms with Crippen molar-refractivity contribution < 1.29 is 0 Å². The highest BCUT2D eigenvalue weighted by Crippen LogP contribution is 1.67. The fraction of sp³-hybridized carbons (Fsp3) is 0.200. The van der Waals surface area contributed by atoms with E-state index in [9.17, 15) is 0 Å². The molecule has 0 N–H and O–H groups in total. The minimum Gasteiger partial charge on any atom is -0.269 e. The maximum Gasteiger partial charge on any atom is 0.0272 e. The Hall–Kier alpha value is -0.500. The van der Waals surface area contributed by atoms with E-state index in [1.54, 1.807) is 18.5 Å². The molecule has 0 aliphatic carbocycles. The summed E-state index contributed by atoms with van der Waals surface area (Å²) in [4.78, 5) is 3.76. The van der Waals surface area contributed by atoms with E-state index in [2.05, 4.69) is 17.2 Å². The molecule has 38 valence electrons. The van der Waals surface area contributed by atoms with Crippen LogP contribution in [0, 0.1) is 0 Å². The van der Waals surface area contributed by atoms with Crippen LogP contribution in [0.4, 0.5) is 0 Å². The Morgan fingerprint density at radius 3 is 2.71 bits per heavy atom. The van der Waals surface area contributed by atoms with Crippen molar-refractivity contribution in [1.29, 1.82) is 0 Å². The molecule has 0 aromatic rings. The van der Waals surface area contributed by atoms with Gasteiger partial charge in [-0.2, -0.15) is 0 Å². The van der Waals surface area contributed by atoms with Gasteiger partial charge in [0.1, 0.15) is 0 Å². The van der Waals surface area contributed by atoms with Crippen LogP contribution >= 0.6 is 12.2 Å². The fourth-order valence-corrected chi connectivity index (χ4v) is 0.241. The molecule has 0 saturated heterocycles. The molecule has 0 spiro atoms. The SMILES string of the molecule is CC=N/C=C\C=S. The minimum absolute atomic E-state index is 1.52. The first kappa shape index (κ1) is 6.50. The van der Waals surface area contributed by atoms with E-state index >= 15 is 0 Å². The number of hydrogen-bond acceptors (Lipinski definition) is 2. The maximum atomic E-state index is 4.48. The van der Waals surface area contributed by atoms with Crippen LogP contribution in [0.2, 0.25) is 0 Å². The summed E-state index contributed by atoms with van der Waals surface area (Å²) in [7, 11) is 0. The molecule has 0 radical (unpaired) electrons. The molecule has 0 aromatic heterocycles. The van der Waals surface area contributed by atoms with Crippen molar-refractivity contribution in [3.05, 3.63) is 12.3 Å². The predicted molar refractivity (Wildman–Crippen MR) is 37.0 cm³/mol. The van der Waals surface area contributed by atoms with Gasteiger partial charge in [-0.15, -0.1) is 0 Å². The summed E-state index contributed by atoms with van der Waals surface area (Å²) < 4.78 is 0. The molecule has 1 nitrogen and oxygen atoms in total. The average molecular weight is 113 g/mol. The summed E-state index contributed by atoms with van der Waals surface area (Å²) in [5, 5.41) is 1.52. The van der Waals surface area contributed by atoms with Gasteiger partial charge < -0.3 is 0 Å². The second kappa shape index (κ2) is 5.50. The number of allylic oxidation sites excluding steroid dienone is 1. The van der Waals surface area contributed by atoms with Crippen molar-refractivity contribution in [2.24, 2.45) is 4.99 Å². The molecular weight excluding hydrogens is 106 g/mol. The summed E-state index contributed by atoms with van der Waals surface area (Å²) >= 11 is 4.48. The minimum atomic E-state index is 1.52. The van der Waals surface area contributed by atoms with E-state index in [1.807, 2.05) is 6.92 Å². The van der Waals surface area contributed by atoms with E-state index in [1.165, 1.54) is 5.37 Å². The summed E-state index contributed by atoms with van der Waals surface area (Å²) in [5.74, 6) is 0. The molecular formula is C5H7NS. The van der Waals surface area contributed by atoms with Crippen LogP contribution in [0.25, 0.3) is 0 Å². The number of nitrogens with zero attached hydrogens (tertiary/aromatic N) is 1. The number of aliphatic imine (C=N–C) groups is 1. The summed E-state index contributed by atoms with van der Waals surface area (Å²) in [6, 6.07) is 0. The van der Waals surface area contributed by atoms with Crippen molar-refractivity contribution in [2.75, 3.05) is 0 Å². The van der Waals surface area contributed by atoms with Gasteiger partial charge in [0.2, 0.25) is 0 Å². The predicted octanol–water partition coefficient (Wildman–Crippen LogP) is 1.59. The number of hydrogen-bond donors (Lipinski definition) is 0. The monoisotopic (exact) mass is 113 g/mol. The Morgan fingerprint density at radius 2 is 2.29 bits per heavy atom. The zero-order chi connectivity index (χ0) is 5.54. The Kier molecular flexibility index (Phi) is 5.11. The molecule has 0 unspecified atom stereocenters. The third-order valence-corrected chi connectivity index (χ3v) is 0.557. The zero-order valence-corrected chi connectivity index (χ0v) is 4.98. The lowest BCUT2D eigenvalue weighted by molar-refractivity contribution is 1.59. The van der Waals surface area contributed by atoms with Crippen molar-refractivity contribution >= 4 is 23.8 Å². The third kappa shape index (κ3) is 5.50. The van der Waals surface area contributed by atoms with Crippen molar-refractivity contribution in [2.45, 2.75) is 6.92 Å². The lowest BCUT2D eigenvalue weighted by Gasteiger charge is -1.65. The van der Waals surface area contributed by atoms with Crippen molar-refractivity contribution in [3.63, 3.8) is 0 Å². The second-order valence-electron chi connectivity index (χ2n) is 0.885. The van der Waals surface area contributed by atoms with Gasteiger partial charge in [0.25, 0.3) is 0 Å². The zero-order valence-electron chi connectivity index (χ0n) is 4.16. The largest absolute Gasteiger partial charge is 0.269 e. The molecule has 0 aromatic carbocycles. The molecule has 2 heteroatoms. The molecule has 0 bridgehead atoms. The summed E-state index contributed by atoms with van der Waals surface area (Å²) in [6.45, 7) is 1.85. The van der Waals surface area contributed by atoms with Gasteiger partial charge in [0, 0.05) is 17.8 Å². The van der Waals surface area contributed by atoms with Gasteiger partial charge in [-0.05, 0) is 13.0 Å². The Bertz CT molecular complexity index is 94.3. The van der Waals surface area contributed by atoms with E-state index < -0.39 is 0 Å². The smallest absolute Gasteiger partial charge is 0.0272 e. The van der Waals surface area contributed by atoms with Crippen LogP contribution in [-0.2, 0) is 0 Å². The van der Waals surface area contributed by atoms with Crippen LogP contribution in [0.15, 0.2) is 17.3 Å². The molecule has 0 amide bonds. The molecule has 0 atom stereocenters. The highest BCUT2D eigenvalue weighted by Gasteiger charge is 1.53. The normalized spacial score (nSPS) is 11.0. The summed E-state index contributed by atoms with van der Waals surface area (Å²) in [6.07, 6.45) is 5.05. The molecule has 7 heavy (non-hydrogen) atoms. The van der Waals surface area contributed by atoms with Crippen LogP contribution in [0.1, 0.15) is 6.92 Å². The standard InChI is InChI=1S/C5H7NS/c1-2-6-4-3-5-7/h2-5H,1H3/b4-3-,6-2?. The van der Waals surface area contributed by atoms with E-state index in [0.717, 1.165) is 0 Å². The first-order valence-corrected chi connectivity index (χ1v) is 2.47. The summed E-state index contributed by atoms with van der Waals surface area (Å²) in [5.41, 5.74) is 0. The Balaban J connectivity index is 3.27. The molecule has 0 fully saturated rings. The van der Waals surface area contributed by atoms with E-state index in [4.69, 9.17) is 0 Å². The molecule has 0 aliphatic heterocycles. The van der Waals surface area contributed by atoms with Gasteiger partial charge in [-0.3, -0.25) is 4.99 Å². The average Bonchev–Trinajstić information content (AvgIpc) is 1.69. The quantitative estimate of drug-likeness (QED) is 0.301. The van der Waals surface area contributed by atoms with E-state index in [-0.39, 0.29) is 0 Å². The Labute approximate surface area is 48.8 Å². The van der Waals surface area contributed by atoms with Crippen LogP contribution in [0.3, 0.4) is 0 Å². The number of rotatable bonds is 2. The lowest BCUT2D eigenvalue weighted by atomic mass is 10.7. The van der Waals surface area contributed by atoms with Crippen LogP contribution < -0.4 is 0 Å². The van der Waals surface area contributed by atoms with Crippen molar-refractivity contribution in [1.82, 2.24) is 0 Å². The van der Waals surface area contributed by atoms with Crippen molar-refractivity contribution in [3.8, 4) is 0 Å². The fourth-order valence-electron chi connectivity index (χ4n) is 0.171. The van der Waals surface area contributed by atoms with Gasteiger partial charge in [-0.1, -0.05) is 12.2 Å². The van der Waals surface area contributed by atoms with E-state index in [0.29, 0.717) is 0 Å². The molecule has 0 saturated carbocycles. The van der Waals surface area contributed by atoms with Crippen LogP contribution in [0.5, 0.6) is 0 Å². The molecule has 0 aliphatic rings. The highest BCUT2D eigenvalue weighted by molar-refractivity contribution is 7.79. The maximum absolute atomic E-state index is 4.48. The van der Waals surface area contributed by atoms with Gasteiger partial charge in [-0.25, -0.2) is 0 Å². The van der Waals surface area contributed by atoms with Gasteiger partial charge in [0.05, 0.1) is 0 Å². The highest BCUT2D eigenvalue weighted by atomic mass is 32.1. The first-order chi connectivity index (χ1) is 3.41.